The number of para-hydroxylation sites is 1. The number of morpholine rings is 1. The lowest BCUT2D eigenvalue weighted by atomic mass is 10.1. The largest absolute Gasteiger partial charge is 0.378 e. The number of anilines is 1. The summed E-state index contributed by atoms with van der Waals surface area (Å²) in [7, 11) is 2.03. The molecule has 0 amide bonds. The summed E-state index contributed by atoms with van der Waals surface area (Å²) in [4.78, 5) is 9.87. The number of ether oxygens (including phenoxy) is 1. The van der Waals surface area contributed by atoms with Crippen molar-refractivity contribution < 1.29 is 4.74 Å². The van der Waals surface area contributed by atoms with E-state index < -0.39 is 0 Å². The second-order valence-electron chi connectivity index (χ2n) is 7.15. The zero-order valence-electron chi connectivity index (χ0n) is 15.1. The third kappa shape index (κ3) is 2.75. The highest BCUT2D eigenvalue weighted by atomic mass is 16.5. The van der Waals surface area contributed by atoms with Crippen molar-refractivity contribution in [3.05, 3.63) is 53.3 Å². The van der Waals surface area contributed by atoms with E-state index in [0.717, 1.165) is 57.3 Å². The molecule has 1 saturated heterocycles. The molecule has 1 aromatic carbocycles. The fourth-order valence-corrected chi connectivity index (χ4v) is 4.02. The van der Waals surface area contributed by atoms with Crippen LogP contribution in [0, 0.1) is 0 Å². The summed E-state index contributed by atoms with van der Waals surface area (Å²) in [5.41, 5.74) is 5.03. The molecule has 0 saturated carbocycles. The van der Waals surface area contributed by atoms with Gasteiger partial charge in [-0.3, -0.25) is 9.58 Å². The Labute approximate surface area is 153 Å². The van der Waals surface area contributed by atoms with Gasteiger partial charge in [0.25, 0.3) is 0 Å². The lowest BCUT2D eigenvalue weighted by Gasteiger charge is -2.30. The first-order valence-electron chi connectivity index (χ1n) is 9.21. The van der Waals surface area contributed by atoms with Crippen molar-refractivity contribution in [1.29, 1.82) is 0 Å². The van der Waals surface area contributed by atoms with Crippen molar-refractivity contribution in [2.75, 3.05) is 31.2 Å². The predicted molar refractivity (Wildman–Crippen MR) is 101 cm³/mol. The van der Waals surface area contributed by atoms with Crippen LogP contribution in [0.15, 0.2) is 36.5 Å². The monoisotopic (exact) mass is 349 g/mol. The van der Waals surface area contributed by atoms with E-state index in [4.69, 9.17) is 9.72 Å². The molecule has 0 bridgehead atoms. The molecular weight excluding hydrogens is 326 g/mol. The number of nitrogens with zero attached hydrogens (tertiary/aromatic N) is 5. The Morgan fingerprint density at radius 2 is 1.96 bits per heavy atom. The first-order valence-corrected chi connectivity index (χ1v) is 9.21. The SMILES string of the molecule is Cn1ncc2c1CN(Cc1cc3ccccc3nc1N1CCOCC1)C2. The highest BCUT2D eigenvalue weighted by Crippen LogP contribution is 2.29. The molecule has 5 rings (SSSR count). The van der Waals surface area contributed by atoms with E-state index in [9.17, 15) is 0 Å². The molecule has 2 aliphatic heterocycles. The van der Waals surface area contributed by atoms with Crippen LogP contribution in [-0.4, -0.2) is 46.0 Å². The summed E-state index contributed by atoms with van der Waals surface area (Å²) in [6.07, 6.45) is 2.00. The molecule has 2 aliphatic rings. The van der Waals surface area contributed by atoms with E-state index in [1.54, 1.807) is 0 Å². The molecule has 0 atom stereocenters. The summed E-state index contributed by atoms with van der Waals surface area (Å²) < 4.78 is 7.53. The Morgan fingerprint density at radius 3 is 2.81 bits per heavy atom. The van der Waals surface area contributed by atoms with Crippen molar-refractivity contribution in [1.82, 2.24) is 19.7 Å². The van der Waals surface area contributed by atoms with Crippen LogP contribution in [0.25, 0.3) is 10.9 Å². The van der Waals surface area contributed by atoms with Gasteiger partial charge < -0.3 is 9.64 Å². The van der Waals surface area contributed by atoms with Gasteiger partial charge in [-0.1, -0.05) is 18.2 Å². The van der Waals surface area contributed by atoms with Crippen molar-refractivity contribution in [3.8, 4) is 0 Å². The van der Waals surface area contributed by atoms with Crippen molar-refractivity contribution in [2.24, 2.45) is 7.05 Å². The Kier molecular flexibility index (Phi) is 3.87. The number of aryl methyl sites for hydroxylation is 1. The fourth-order valence-electron chi connectivity index (χ4n) is 4.02. The predicted octanol–water partition coefficient (Wildman–Crippen LogP) is 2.32. The van der Waals surface area contributed by atoms with Crippen molar-refractivity contribution in [3.63, 3.8) is 0 Å². The van der Waals surface area contributed by atoms with Crippen LogP contribution in [-0.2, 0) is 31.4 Å². The molecule has 1 fully saturated rings. The second-order valence-corrected chi connectivity index (χ2v) is 7.15. The van der Waals surface area contributed by atoms with Crippen LogP contribution < -0.4 is 4.90 Å². The number of hydrogen-bond donors (Lipinski definition) is 0. The summed E-state index contributed by atoms with van der Waals surface area (Å²) in [6, 6.07) is 10.7. The van der Waals surface area contributed by atoms with Gasteiger partial charge in [-0.2, -0.15) is 5.10 Å². The third-order valence-electron chi connectivity index (χ3n) is 5.40. The number of rotatable bonds is 3. The molecule has 3 aromatic rings. The molecule has 134 valence electrons. The van der Waals surface area contributed by atoms with Crippen LogP contribution in [0.2, 0.25) is 0 Å². The van der Waals surface area contributed by atoms with E-state index in [2.05, 4.69) is 45.2 Å². The van der Waals surface area contributed by atoms with E-state index in [1.807, 2.05) is 17.9 Å². The second kappa shape index (κ2) is 6.37. The molecule has 26 heavy (non-hydrogen) atoms. The van der Waals surface area contributed by atoms with Gasteiger partial charge in [-0.25, -0.2) is 4.98 Å². The summed E-state index contributed by atoms with van der Waals surface area (Å²) in [5.74, 6) is 1.11. The average Bonchev–Trinajstić information content (AvgIpc) is 3.23. The molecule has 4 heterocycles. The number of fused-ring (bicyclic) bond motifs is 2. The van der Waals surface area contributed by atoms with E-state index in [-0.39, 0.29) is 0 Å². The number of aromatic nitrogens is 3. The standard InChI is InChI=1S/C20H23N5O/c1-23-19-14-24(13-17(19)11-21-23)12-16-10-15-4-2-3-5-18(15)22-20(16)25-6-8-26-9-7-25/h2-5,10-11H,6-9,12-14H2,1H3. The Hall–Kier alpha value is -2.44. The lowest BCUT2D eigenvalue weighted by molar-refractivity contribution is 0.122. The zero-order chi connectivity index (χ0) is 17.5. The average molecular weight is 349 g/mol. The molecule has 0 radical (unpaired) electrons. The van der Waals surface area contributed by atoms with Crippen LogP contribution in [0.4, 0.5) is 5.82 Å². The molecule has 0 aliphatic carbocycles. The highest BCUT2D eigenvalue weighted by molar-refractivity contribution is 5.81. The molecular formula is C20H23N5O. The highest BCUT2D eigenvalue weighted by Gasteiger charge is 2.25. The smallest absolute Gasteiger partial charge is 0.133 e. The van der Waals surface area contributed by atoms with Gasteiger partial charge in [0.05, 0.1) is 30.6 Å². The minimum Gasteiger partial charge on any atom is -0.378 e. The minimum atomic E-state index is 0.773. The van der Waals surface area contributed by atoms with E-state index in [0.29, 0.717) is 0 Å². The molecule has 6 heteroatoms. The van der Waals surface area contributed by atoms with Gasteiger partial charge in [0, 0.05) is 56.3 Å². The third-order valence-corrected chi connectivity index (χ3v) is 5.40. The van der Waals surface area contributed by atoms with Crippen molar-refractivity contribution >= 4 is 16.7 Å². The maximum Gasteiger partial charge on any atom is 0.133 e. The zero-order valence-corrected chi connectivity index (χ0v) is 15.1. The van der Waals surface area contributed by atoms with E-state index >= 15 is 0 Å². The molecule has 0 spiro atoms. The van der Waals surface area contributed by atoms with Gasteiger partial charge in [0.1, 0.15) is 5.82 Å². The summed E-state index contributed by atoms with van der Waals surface area (Å²) >= 11 is 0. The Morgan fingerprint density at radius 1 is 1.12 bits per heavy atom. The molecule has 6 nitrogen and oxygen atoms in total. The molecule has 0 N–H and O–H groups in total. The Bertz CT molecular complexity index is 945. The van der Waals surface area contributed by atoms with Crippen molar-refractivity contribution in [2.45, 2.75) is 19.6 Å². The van der Waals surface area contributed by atoms with Gasteiger partial charge in [0.15, 0.2) is 0 Å². The minimum absolute atomic E-state index is 0.773. The van der Waals surface area contributed by atoms with Crippen LogP contribution in [0.3, 0.4) is 0 Å². The fraction of sp³-hybridized carbons (Fsp3) is 0.400. The van der Waals surface area contributed by atoms with E-state index in [1.165, 1.54) is 22.2 Å². The number of hydrogen-bond acceptors (Lipinski definition) is 5. The first kappa shape index (κ1) is 15.8. The maximum absolute atomic E-state index is 5.54. The van der Waals surface area contributed by atoms with Crippen LogP contribution in [0.5, 0.6) is 0 Å². The first-order chi connectivity index (χ1) is 12.8. The van der Waals surface area contributed by atoms with Gasteiger partial charge in [0.2, 0.25) is 0 Å². The quantitative estimate of drug-likeness (QED) is 0.726. The lowest BCUT2D eigenvalue weighted by Crippen LogP contribution is -2.37. The van der Waals surface area contributed by atoms with Gasteiger partial charge in [-0.15, -0.1) is 0 Å². The normalized spacial score (nSPS) is 17.8. The number of pyridine rings is 1. The topological polar surface area (TPSA) is 46.4 Å². The number of benzene rings is 1. The molecule has 0 unspecified atom stereocenters. The van der Waals surface area contributed by atoms with Gasteiger partial charge in [-0.05, 0) is 12.1 Å². The summed E-state index contributed by atoms with van der Waals surface area (Å²) in [5, 5.41) is 5.57. The maximum atomic E-state index is 5.54. The molecule has 2 aromatic heterocycles. The van der Waals surface area contributed by atoms with Crippen LogP contribution >= 0.6 is 0 Å². The Balaban J connectivity index is 1.49. The summed E-state index contributed by atoms with van der Waals surface area (Å²) in [6.45, 7) is 6.16. The van der Waals surface area contributed by atoms with Gasteiger partial charge >= 0.3 is 0 Å². The van der Waals surface area contributed by atoms with Crippen LogP contribution in [0.1, 0.15) is 16.8 Å².